The van der Waals surface area contributed by atoms with Gasteiger partial charge in [-0.05, 0) is 17.7 Å². The Morgan fingerprint density at radius 2 is 2.29 bits per heavy atom. The van der Waals surface area contributed by atoms with Crippen molar-refractivity contribution >= 4 is 43.7 Å². The van der Waals surface area contributed by atoms with Gasteiger partial charge in [-0.1, -0.05) is 17.4 Å². The van der Waals surface area contributed by atoms with Gasteiger partial charge in [0.25, 0.3) is 0 Å². The summed E-state index contributed by atoms with van der Waals surface area (Å²) in [5.41, 5.74) is 7.48. The molecule has 0 atom stereocenters. The van der Waals surface area contributed by atoms with E-state index in [1.165, 1.54) is 11.3 Å². The Kier molecular flexibility index (Phi) is 3.44. The highest BCUT2D eigenvalue weighted by Crippen LogP contribution is 2.24. The number of thiazole rings is 1. The number of nitrogens with two attached hydrogens (primary N) is 1. The van der Waals surface area contributed by atoms with Crippen molar-refractivity contribution in [3.8, 4) is 6.07 Å². The molecule has 0 fully saturated rings. The lowest BCUT2D eigenvalue weighted by molar-refractivity contribution is 1.27. The standard InChI is InChI=1S/C9H7N3S.BrH/c10-4-3-6-1-2-7-8(5-6)13-9(11)12-7;/h1-2,5H,3H2,(H2,11,12);1H. The molecule has 14 heavy (non-hydrogen) atoms. The van der Waals surface area contributed by atoms with Gasteiger partial charge in [-0.3, -0.25) is 0 Å². The van der Waals surface area contributed by atoms with Gasteiger partial charge in [0.15, 0.2) is 5.13 Å². The average molecular weight is 270 g/mol. The van der Waals surface area contributed by atoms with E-state index >= 15 is 0 Å². The van der Waals surface area contributed by atoms with Gasteiger partial charge in [-0.15, -0.1) is 17.0 Å². The Morgan fingerprint density at radius 1 is 1.50 bits per heavy atom. The first-order valence-electron chi connectivity index (χ1n) is 3.81. The molecule has 1 aromatic carbocycles. The van der Waals surface area contributed by atoms with Crippen molar-refractivity contribution in [2.75, 3.05) is 5.73 Å². The van der Waals surface area contributed by atoms with Crippen LogP contribution in [-0.2, 0) is 6.42 Å². The third-order valence-corrected chi connectivity index (χ3v) is 2.60. The van der Waals surface area contributed by atoms with Crippen molar-refractivity contribution in [2.45, 2.75) is 6.42 Å². The fourth-order valence-corrected chi connectivity index (χ4v) is 1.99. The third-order valence-electron chi connectivity index (χ3n) is 1.75. The molecule has 0 bridgehead atoms. The maximum atomic E-state index is 8.51. The van der Waals surface area contributed by atoms with Gasteiger partial charge < -0.3 is 5.73 Å². The van der Waals surface area contributed by atoms with Crippen LogP contribution in [0.3, 0.4) is 0 Å². The highest BCUT2D eigenvalue weighted by atomic mass is 79.9. The molecule has 0 saturated heterocycles. The van der Waals surface area contributed by atoms with Gasteiger partial charge in [0.2, 0.25) is 0 Å². The van der Waals surface area contributed by atoms with Gasteiger partial charge >= 0.3 is 0 Å². The molecule has 2 aromatic rings. The number of benzene rings is 1. The molecule has 0 spiro atoms. The van der Waals surface area contributed by atoms with Crippen molar-refractivity contribution in [1.82, 2.24) is 4.98 Å². The number of aromatic nitrogens is 1. The predicted molar refractivity (Wildman–Crippen MR) is 63.7 cm³/mol. The summed E-state index contributed by atoms with van der Waals surface area (Å²) in [7, 11) is 0. The summed E-state index contributed by atoms with van der Waals surface area (Å²) < 4.78 is 1.05. The van der Waals surface area contributed by atoms with Crippen molar-refractivity contribution in [1.29, 1.82) is 5.26 Å². The van der Waals surface area contributed by atoms with E-state index in [4.69, 9.17) is 11.0 Å². The number of hydrogen-bond donors (Lipinski definition) is 1. The first kappa shape index (κ1) is 11.0. The second-order valence-electron chi connectivity index (χ2n) is 2.69. The summed E-state index contributed by atoms with van der Waals surface area (Å²) in [6, 6.07) is 7.88. The first-order chi connectivity index (χ1) is 6.29. The largest absolute Gasteiger partial charge is 0.375 e. The van der Waals surface area contributed by atoms with Crippen LogP contribution in [0.5, 0.6) is 0 Å². The van der Waals surface area contributed by atoms with Crippen LogP contribution >= 0.6 is 28.3 Å². The van der Waals surface area contributed by atoms with E-state index < -0.39 is 0 Å². The van der Waals surface area contributed by atoms with Crippen LogP contribution in [0.1, 0.15) is 5.56 Å². The lowest BCUT2D eigenvalue weighted by Gasteiger charge is -1.92. The Balaban J connectivity index is 0.000000980. The second kappa shape index (κ2) is 4.40. The number of nitriles is 1. The van der Waals surface area contributed by atoms with Gasteiger partial charge in [0.1, 0.15) is 0 Å². The van der Waals surface area contributed by atoms with E-state index in [1.807, 2.05) is 18.2 Å². The zero-order chi connectivity index (χ0) is 9.26. The van der Waals surface area contributed by atoms with Gasteiger partial charge in [-0.25, -0.2) is 4.98 Å². The molecule has 3 nitrogen and oxygen atoms in total. The fourth-order valence-electron chi connectivity index (χ4n) is 1.19. The summed E-state index contributed by atoms with van der Waals surface area (Å²) in [6.45, 7) is 0. The molecule has 72 valence electrons. The molecule has 2 rings (SSSR count). The zero-order valence-corrected chi connectivity index (χ0v) is 9.76. The van der Waals surface area contributed by atoms with Gasteiger partial charge in [0, 0.05) is 0 Å². The van der Waals surface area contributed by atoms with Crippen LogP contribution in [-0.4, -0.2) is 4.98 Å². The SMILES string of the molecule is Br.N#CCc1ccc2nc(N)sc2c1. The van der Waals surface area contributed by atoms with Crippen LogP contribution < -0.4 is 5.73 Å². The van der Waals surface area contributed by atoms with Gasteiger partial charge in [0.05, 0.1) is 22.7 Å². The van der Waals surface area contributed by atoms with Crippen LogP contribution in [0.4, 0.5) is 5.13 Å². The number of rotatable bonds is 1. The van der Waals surface area contributed by atoms with Crippen molar-refractivity contribution in [2.24, 2.45) is 0 Å². The maximum Gasteiger partial charge on any atom is 0.181 e. The highest BCUT2D eigenvalue weighted by molar-refractivity contribution is 8.93. The number of nitrogen functional groups attached to an aromatic ring is 1. The average Bonchev–Trinajstić information content (AvgIpc) is 2.44. The van der Waals surface area contributed by atoms with Crippen molar-refractivity contribution in [3.05, 3.63) is 23.8 Å². The second-order valence-corrected chi connectivity index (χ2v) is 3.75. The summed E-state index contributed by atoms with van der Waals surface area (Å²) in [4.78, 5) is 4.13. The Labute approximate surface area is 95.9 Å². The fraction of sp³-hybridized carbons (Fsp3) is 0.111. The van der Waals surface area contributed by atoms with Gasteiger partial charge in [-0.2, -0.15) is 5.26 Å². The molecule has 0 amide bonds. The summed E-state index contributed by atoms with van der Waals surface area (Å²) >= 11 is 1.45. The van der Waals surface area contributed by atoms with E-state index in [9.17, 15) is 0 Å². The molecule has 0 radical (unpaired) electrons. The molecular weight excluding hydrogens is 262 g/mol. The quantitative estimate of drug-likeness (QED) is 0.866. The zero-order valence-electron chi connectivity index (χ0n) is 7.23. The van der Waals surface area contributed by atoms with E-state index in [0.29, 0.717) is 11.6 Å². The Hall–Kier alpha value is -1.12. The number of nitrogens with zero attached hydrogens (tertiary/aromatic N) is 2. The molecule has 0 unspecified atom stereocenters. The predicted octanol–water partition coefficient (Wildman–Crippen LogP) is 2.52. The molecule has 5 heteroatoms. The topological polar surface area (TPSA) is 62.7 Å². The minimum atomic E-state index is 0. The van der Waals surface area contributed by atoms with Crippen LogP contribution in [0.2, 0.25) is 0 Å². The summed E-state index contributed by atoms with van der Waals surface area (Å²) in [5, 5.41) is 9.08. The summed E-state index contributed by atoms with van der Waals surface area (Å²) in [5.74, 6) is 0. The Morgan fingerprint density at radius 3 is 3.00 bits per heavy atom. The van der Waals surface area contributed by atoms with Crippen LogP contribution in [0, 0.1) is 11.3 Å². The van der Waals surface area contributed by atoms with E-state index in [-0.39, 0.29) is 17.0 Å². The molecule has 1 heterocycles. The Bertz CT molecular complexity index is 486. The normalized spacial score (nSPS) is 9.36. The highest BCUT2D eigenvalue weighted by Gasteiger charge is 2.01. The molecule has 0 saturated carbocycles. The minimum absolute atomic E-state index is 0. The first-order valence-corrected chi connectivity index (χ1v) is 4.63. The van der Waals surface area contributed by atoms with Crippen LogP contribution in [0.15, 0.2) is 18.2 Å². The third kappa shape index (κ3) is 2.03. The molecule has 0 aliphatic heterocycles. The number of halogens is 1. The molecule has 2 N–H and O–H groups in total. The number of hydrogen-bond acceptors (Lipinski definition) is 4. The lowest BCUT2D eigenvalue weighted by Crippen LogP contribution is -1.80. The van der Waals surface area contributed by atoms with Crippen molar-refractivity contribution < 1.29 is 0 Å². The molecule has 1 aromatic heterocycles. The molecule has 0 aliphatic carbocycles. The number of anilines is 1. The van der Waals surface area contributed by atoms with Crippen LogP contribution in [0.25, 0.3) is 10.2 Å². The van der Waals surface area contributed by atoms with E-state index in [2.05, 4.69) is 11.1 Å². The van der Waals surface area contributed by atoms with E-state index in [1.54, 1.807) is 0 Å². The number of fused-ring (bicyclic) bond motifs is 1. The monoisotopic (exact) mass is 269 g/mol. The minimum Gasteiger partial charge on any atom is -0.375 e. The smallest absolute Gasteiger partial charge is 0.181 e. The van der Waals surface area contributed by atoms with Crippen molar-refractivity contribution in [3.63, 3.8) is 0 Å². The molecule has 0 aliphatic rings. The molecular formula is C9H8BrN3S. The summed E-state index contributed by atoms with van der Waals surface area (Å²) in [6.07, 6.45) is 0.438. The maximum absolute atomic E-state index is 8.51. The van der Waals surface area contributed by atoms with E-state index in [0.717, 1.165) is 15.8 Å². The lowest BCUT2D eigenvalue weighted by atomic mass is 10.2.